The van der Waals surface area contributed by atoms with Crippen LogP contribution in [-0.2, 0) is 9.53 Å². The van der Waals surface area contributed by atoms with Crippen molar-refractivity contribution in [3.05, 3.63) is 83.9 Å². The molecule has 0 saturated carbocycles. The zero-order valence-corrected chi connectivity index (χ0v) is 17.3. The molecule has 0 atom stereocenters. The molecule has 32 heavy (non-hydrogen) atoms. The SMILES string of the molecule is CN(CC(=O)On1nnc2ccccc21)C(=O)OCC1c2ccccc2-c2ccccc21. The molecule has 1 heterocycles. The highest BCUT2D eigenvalue weighted by Gasteiger charge is 2.29. The van der Waals surface area contributed by atoms with E-state index in [1.54, 1.807) is 18.2 Å². The third-order valence-electron chi connectivity index (χ3n) is 5.52. The molecule has 1 amide bonds. The highest BCUT2D eigenvalue weighted by molar-refractivity contribution is 5.81. The Labute approximate surface area is 183 Å². The topological polar surface area (TPSA) is 86.5 Å². The number of aromatic nitrogens is 3. The Kier molecular flexibility index (Phi) is 5.03. The van der Waals surface area contributed by atoms with Crippen LogP contribution < -0.4 is 4.84 Å². The Hall–Kier alpha value is -4.20. The van der Waals surface area contributed by atoms with Crippen molar-refractivity contribution in [1.82, 2.24) is 20.1 Å². The second kappa shape index (κ2) is 8.14. The molecule has 1 aliphatic carbocycles. The van der Waals surface area contributed by atoms with Crippen LogP contribution in [0, 0.1) is 0 Å². The molecule has 0 radical (unpaired) electrons. The number of amides is 1. The summed E-state index contributed by atoms with van der Waals surface area (Å²) in [6.45, 7) is -0.106. The lowest BCUT2D eigenvalue weighted by molar-refractivity contribution is -0.146. The van der Waals surface area contributed by atoms with E-state index in [2.05, 4.69) is 34.6 Å². The highest BCUT2D eigenvalue weighted by Crippen LogP contribution is 2.44. The smallest absolute Gasteiger partial charge is 0.410 e. The number of hydrogen-bond acceptors (Lipinski definition) is 6. The van der Waals surface area contributed by atoms with Gasteiger partial charge >= 0.3 is 12.1 Å². The maximum atomic E-state index is 12.5. The first kappa shape index (κ1) is 19.7. The lowest BCUT2D eigenvalue weighted by Crippen LogP contribution is -2.37. The standard InChI is InChI=1S/C24H20N4O4/c1-27(14-23(29)32-28-22-13-7-6-12-21(22)25-26-28)24(30)31-15-20-18-10-4-2-8-16(18)17-9-3-5-11-19(17)20/h2-13,20H,14-15H2,1H3. The maximum absolute atomic E-state index is 12.5. The molecule has 3 aromatic carbocycles. The van der Waals surface area contributed by atoms with Crippen LogP contribution in [0.1, 0.15) is 17.0 Å². The van der Waals surface area contributed by atoms with Crippen LogP contribution in [-0.4, -0.2) is 52.3 Å². The zero-order valence-electron chi connectivity index (χ0n) is 17.3. The van der Waals surface area contributed by atoms with Crippen molar-refractivity contribution < 1.29 is 19.2 Å². The quantitative estimate of drug-likeness (QED) is 0.454. The molecule has 0 bridgehead atoms. The van der Waals surface area contributed by atoms with E-state index >= 15 is 0 Å². The molecule has 0 fully saturated rings. The molecule has 0 spiro atoms. The Morgan fingerprint density at radius 1 is 0.938 bits per heavy atom. The van der Waals surface area contributed by atoms with Crippen LogP contribution in [0.15, 0.2) is 72.8 Å². The third-order valence-corrected chi connectivity index (χ3v) is 5.52. The fourth-order valence-corrected chi connectivity index (χ4v) is 4.00. The van der Waals surface area contributed by atoms with E-state index in [9.17, 15) is 9.59 Å². The molecule has 0 aliphatic heterocycles. The maximum Gasteiger partial charge on any atom is 0.410 e. The number of para-hydroxylation sites is 1. The first-order valence-electron chi connectivity index (χ1n) is 10.2. The molecule has 8 nitrogen and oxygen atoms in total. The fraction of sp³-hybridized carbons (Fsp3) is 0.167. The van der Waals surface area contributed by atoms with Crippen molar-refractivity contribution in [2.45, 2.75) is 5.92 Å². The minimum absolute atomic E-state index is 0.0479. The number of hydrogen-bond donors (Lipinski definition) is 0. The van der Waals surface area contributed by atoms with Gasteiger partial charge in [0.05, 0.1) is 0 Å². The number of carbonyl (C=O) groups excluding carboxylic acids is 2. The molecule has 0 saturated heterocycles. The highest BCUT2D eigenvalue weighted by atomic mass is 16.7. The number of benzene rings is 3. The monoisotopic (exact) mass is 428 g/mol. The van der Waals surface area contributed by atoms with Crippen LogP contribution in [0.3, 0.4) is 0 Å². The Balaban J connectivity index is 1.21. The largest absolute Gasteiger partial charge is 0.448 e. The molecule has 0 unspecified atom stereocenters. The summed E-state index contributed by atoms with van der Waals surface area (Å²) in [7, 11) is 1.49. The van der Waals surface area contributed by atoms with Crippen molar-refractivity contribution >= 4 is 23.1 Å². The Morgan fingerprint density at radius 2 is 1.56 bits per heavy atom. The van der Waals surface area contributed by atoms with Crippen molar-refractivity contribution in [2.75, 3.05) is 20.2 Å². The number of rotatable bonds is 5. The Morgan fingerprint density at radius 3 is 2.28 bits per heavy atom. The summed E-state index contributed by atoms with van der Waals surface area (Å²) in [5, 5.41) is 7.73. The van der Waals surface area contributed by atoms with Crippen LogP contribution in [0.2, 0.25) is 0 Å². The molecule has 160 valence electrons. The lowest BCUT2D eigenvalue weighted by Gasteiger charge is -2.19. The predicted octanol–water partition coefficient (Wildman–Crippen LogP) is 3.27. The summed E-state index contributed by atoms with van der Waals surface area (Å²) in [5.74, 6) is -0.704. The predicted molar refractivity (Wildman–Crippen MR) is 117 cm³/mol. The van der Waals surface area contributed by atoms with Gasteiger partial charge in [-0.05, 0) is 39.6 Å². The number of fused-ring (bicyclic) bond motifs is 4. The second-order valence-corrected chi connectivity index (χ2v) is 7.57. The molecule has 5 rings (SSSR count). The first-order chi connectivity index (χ1) is 15.6. The van der Waals surface area contributed by atoms with Gasteiger partial charge in [0.2, 0.25) is 0 Å². The molecular weight excluding hydrogens is 408 g/mol. The van der Waals surface area contributed by atoms with Crippen molar-refractivity contribution in [3.8, 4) is 11.1 Å². The van der Waals surface area contributed by atoms with Crippen LogP contribution >= 0.6 is 0 Å². The van der Waals surface area contributed by atoms with Crippen LogP contribution in [0.5, 0.6) is 0 Å². The molecule has 8 heteroatoms. The fourth-order valence-electron chi connectivity index (χ4n) is 4.00. The number of nitrogens with zero attached hydrogens (tertiary/aromatic N) is 4. The molecule has 0 N–H and O–H groups in total. The van der Waals surface area contributed by atoms with Crippen molar-refractivity contribution in [2.24, 2.45) is 0 Å². The van der Waals surface area contributed by atoms with Crippen LogP contribution in [0.25, 0.3) is 22.2 Å². The average molecular weight is 428 g/mol. The van der Waals surface area contributed by atoms with Gasteiger partial charge in [0, 0.05) is 13.0 Å². The summed E-state index contributed by atoms with van der Waals surface area (Å²) >= 11 is 0. The molecular formula is C24H20N4O4. The van der Waals surface area contributed by atoms with Gasteiger partial charge in [-0.2, -0.15) is 0 Å². The summed E-state index contributed by atoms with van der Waals surface area (Å²) in [6, 6.07) is 23.3. The van der Waals surface area contributed by atoms with Gasteiger partial charge in [-0.3, -0.25) is 0 Å². The van der Waals surface area contributed by atoms with Crippen LogP contribution in [0.4, 0.5) is 4.79 Å². The molecule has 1 aromatic heterocycles. The minimum atomic E-state index is -0.656. The summed E-state index contributed by atoms with van der Waals surface area (Å²) in [4.78, 5) is 32.3. The van der Waals surface area contributed by atoms with E-state index in [0.717, 1.165) is 27.1 Å². The summed E-state index contributed by atoms with van der Waals surface area (Å²) in [5.41, 5.74) is 5.72. The van der Waals surface area contributed by atoms with E-state index in [4.69, 9.17) is 9.57 Å². The van der Waals surface area contributed by atoms with Gasteiger partial charge < -0.3 is 14.5 Å². The van der Waals surface area contributed by atoms with E-state index in [-0.39, 0.29) is 19.1 Å². The van der Waals surface area contributed by atoms with E-state index in [1.165, 1.54) is 11.9 Å². The minimum Gasteiger partial charge on any atom is -0.448 e. The van der Waals surface area contributed by atoms with Crippen molar-refractivity contribution in [1.29, 1.82) is 0 Å². The van der Waals surface area contributed by atoms with E-state index in [1.807, 2.05) is 30.3 Å². The normalized spacial score (nSPS) is 12.3. The molecule has 1 aliphatic rings. The summed E-state index contributed by atoms with van der Waals surface area (Å²) in [6.07, 6.45) is -0.604. The van der Waals surface area contributed by atoms with Gasteiger partial charge in [0.1, 0.15) is 24.2 Å². The number of likely N-dealkylation sites (N-methyl/N-ethyl adjacent to an activating group) is 1. The van der Waals surface area contributed by atoms with E-state index in [0.29, 0.717) is 11.0 Å². The van der Waals surface area contributed by atoms with Gasteiger partial charge in [-0.25, -0.2) is 9.59 Å². The Bertz CT molecular complexity index is 1270. The zero-order chi connectivity index (χ0) is 22.1. The van der Waals surface area contributed by atoms with Gasteiger partial charge in [0.25, 0.3) is 0 Å². The third kappa shape index (κ3) is 3.56. The van der Waals surface area contributed by atoms with Crippen molar-refractivity contribution in [3.63, 3.8) is 0 Å². The average Bonchev–Trinajstić information content (AvgIpc) is 3.36. The number of carbonyl (C=O) groups is 2. The van der Waals surface area contributed by atoms with E-state index < -0.39 is 12.1 Å². The lowest BCUT2D eigenvalue weighted by atomic mass is 9.98. The summed E-state index contributed by atoms with van der Waals surface area (Å²) < 4.78 is 5.55. The first-order valence-corrected chi connectivity index (χ1v) is 10.2. The van der Waals surface area contributed by atoms with Gasteiger partial charge in [-0.15, -0.1) is 5.10 Å². The van der Waals surface area contributed by atoms with Gasteiger partial charge in [0.15, 0.2) is 0 Å². The van der Waals surface area contributed by atoms with Gasteiger partial charge in [-0.1, -0.05) is 65.5 Å². The number of ether oxygens (including phenoxy) is 1. The second-order valence-electron chi connectivity index (χ2n) is 7.57. The molecule has 4 aromatic rings.